The quantitative estimate of drug-likeness (QED) is 0.336. The van der Waals surface area contributed by atoms with E-state index in [9.17, 15) is 4.79 Å². The van der Waals surface area contributed by atoms with Gasteiger partial charge in [0.2, 0.25) is 0 Å². The summed E-state index contributed by atoms with van der Waals surface area (Å²) in [6.07, 6.45) is 5.98. The van der Waals surface area contributed by atoms with Gasteiger partial charge in [-0.2, -0.15) is 0 Å². The molecule has 0 N–H and O–H groups in total. The Bertz CT molecular complexity index is 1190. The standard InChI is InChI=1S/C26H27N3OS/c1-5-14-28-17-20(22-8-6-7-9-23(22)28)15-24-25(30)29(16-18(2)3)26(31-24)27-21-12-10-19(4)11-13-21/h5-13,15,17-18H,1,14,16H2,2-4H3/b24-15+,27-26?. The van der Waals surface area contributed by atoms with E-state index in [2.05, 4.69) is 50.2 Å². The number of fused-ring (bicyclic) bond motifs is 1. The average molecular weight is 430 g/mol. The van der Waals surface area contributed by atoms with Crippen LogP contribution in [0.4, 0.5) is 5.69 Å². The molecule has 158 valence electrons. The fourth-order valence-corrected chi connectivity index (χ4v) is 4.67. The second-order valence-electron chi connectivity index (χ2n) is 8.19. The molecule has 3 aromatic rings. The molecule has 0 bridgehead atoms. The molecule has 1 saturated heterocycles. The predicted molar refractivity (Wildman–Crippen MR) is 133 cm³/mol. The van der Waals surface area contributed by atoms with Crippen LogP contribution in [0.25, 0.3) is 17.0 Å². The molecule has 0 atom stereocenters. The van der Waals surface area contributed by atoms with Crippen molar-refractivity contribution in [1.82, 2.24) is 9.47 Å². The van der Waals surface area contributed by atoms with Gasteiger partial charge in [-0.15, -0.1) is 6.58 Å². The largest absolute Gasteiger partial charge is 0.343 e. The van der Waals surface area contributed by atoms with Gasteiger partial charge in [-0.05, 0) is 48.9 Å². The van der Waals surface area contributed by atoms with Gasteiger partial charge >= 0.3 is 0 Å². The molecular formula is C26H27N3OS. The number of hydrogen-bond acceptors (Lipinski definition) is 3. The molecule has 0 radical (unpaired) electrons. The number of thioether (sulfide) groups is 1. The summed E-state index contributed by atoms with van der Waals surface area (Å²) >= 11 is 1.45. The van der Waals surface area contributed by atoms with Crippen molar-refractivity contribution in [3.05, 3.63) is 83.4 Å². The summed E-state index contributed by atoms with van der Waals surface area (Å²) in [5, 5.41) is 1.87. The number of nitrogens with zero attached hydrogens (tertiary/aromatic N) is 3. The number of rotatable bonds is 6. The normalized spacial score (nSPS) is 16.9. The number of hydrogen-bond donors (Lipinski definition) is 0. The number of para-hydroxylation sites is 1. The van der Waals surface area contributed by atoms with Crippen LogP contribution in [0.2, 0.25) is 0 Å². The van der Waals surface area contributed by atoms with E-state index in [1.807, 2.05) is 53.5 Å². The molecule has 4 nitrogen and oxygen atoms in total. The molecule has 5 heteroatoms. The molecule has 0 saturated carbocycles. The first-order valence-electron chi connectivity index (χ1n) is 10.5. The minimum Gasteiger partial charge on any atom is -0.343 e. The Morgan fingerprint density at radius 2 is 1.87 bits per heavy atom. The average Bonchev–Trinajstić information content (AvgIpc) is 3.23. The first-order valence-corrected chi connectivity index (χ1v) is 11.3. The van der Waals surface area contributed by atoms with E-state index in [1.54, 1.807) is 0 Å². The monoisotopic (exact) mass is 429 g/mol. The van der Waals surface area contributed by atoms with Crippen LogP contribution in [0.3, 0.4) is 0 Å². The Balaban J connectivity index is 1.74. The summed E-state index contributed by atoms with van der Waals surface area (Å²) in [5.41, 5.74) is 4.22. The molecule has 1 aliphatic rings. The lowest BCUT2D eigenvalue weighted by Gasteiger charge is -2.17. The molecule has 2 aromatic carbocycles. The lowest BCUT2D eigenvalue weighted by Crippen LogP contribution is -2.32. The molecule has 0 spiro atoms. The van der Waals surface area contributed by atoms with Crippen molar-refractivity contribution in [2.75, 3.05) is 6.54 Å². The molecule has 1 amide bonds. The number of aliphatic imine (C=N–C) groups is 1. The summed E-state index contributed by atoms with van der Waals surface area (Å²) in [7, 11) is 0. The van der Waals surface area contributed by atoms with Crippen molar-refractivity contribution in [3.63, 3.8) is 0 Å². The maximum atomic E-state index is 13.3. The highest BCUT2D eigenvalue weighted by atomic mass is 32.2. The number of amides is 1. The van der Waals surface area contributed by atoms with E-state index in [-0.39, 0.29) is 5.91 Å². The lowest BCUT2D eigenvalue weighted by molar-refractivity contribution is -0.122. The Hall–Kier alpha value is -3.05. The predicted octanol–water partition coefficient (Wildman–Crippen LogP) is 6.40. The van der Waals surface area contributed by atoms with E-state index in [1.165, 1.54) is 17.3 Å². The van der Waals surface area contributed by atoms with E-state index in [4.69, 9.17) is 4.99 Å². The number of aryl methyl sites for hydroxylation is 1. The lowest BCUT2D eigenvalue weighted by atomic mass is 10.1. The van der Waals surface area contributed by atoms with Gasteiger partial charge in [0.25, 0.3) is 5.91 Å². The number of carbonyl (C=O) groups excluding carboxylic acids is 1. The summed E-state index contributed by atoms with van der Waals surface area (Å²) in [6, 6.07) is 16.3. The number of amidine groups is 1. The second kappa shape index (κ2) is 8.98. The van der Waals surface area contributed by atoms with E-state index in [0.29, 0.717) is 17.4 Å². The van der Waals surface area contributed by atoms with Crippen LogP contribution in [-0.2, 0) is 11.3 Å². The molecule has 1 aliphatic heterocycles. The fourth-order valence-electron chi connectivity index (χ4n) is 3.67. The summed E-state index contributed by atoms with van der Waals surface area (Å²) in [4.78, 5) is 20.6. The van der Waals surface area contributed by atoms with Crippen molar-refractivity contribution < 1.29 is 4.79 Å². The first kappa shape index (κ1) is 21.2. The third-order valence-electron chi connectivity index (χ3n) is 5.13. The molecular weight excluding hydrogens is 402 g/mol. The van der Waals surface area contributed by atoms with Crippen LogP contribution < -0.4 is 0 Å². The van der Waals surface area contributed by atoms with Gasteiger partial charge < -0.3 is 4.57 Å². The smallest absolute Gasteiger partial charge is 0.266 e. The molecule has 2 heterocycles. The van der Waals surface area contributed by atoms with Crippen molar-refractivity contribution in [1.29, 1.82) is 0 Å². The molecule has 1 aromatic heterocycles. The number of carbonyl (C=O) groups is 1. The zero-order valence-electron chi connectivity index (χ0n) is 18.2. The first-order chi connectivity index (χ1) is 15.0. The van der Waals surface area contributed by atoms with Gasteiger partial charge in [0.15, 0.2) is 5.17 Å². The Labute approximate surface area is 188 Å². The van der Waals surface area contributed by atoms with Crippen LogP contribution in [-0.4, -0.2) is 27.1 Å². The van der Waals surface area contributed by atoms with Crippen LogP contribution >= 0.6 is 11.8 Å². The number of aromatic nitrogens is 1. The van der Waals surface area contributed by atoms with Gasteiger partial charge in [-0.3, -0.25) is 9.69 Å². The van der Waals surface area contributed by atoms with Gasteiger partial charge in [0.1, 0.15) is 0 Å². The minimum absolute atomic E-state index is 0.0186. The zero-order chi connectivity index (χ0) is 22.0. The van der Waals surface area contributed by atoms with Crippen molar-refractivity contribution >= 4 is 45.5 Å². The Kier molecular flexibility index (Phi) is 6.14. The number of benzene rings is 2. The second-order valence-corrected chi connectivity index (χ2v) is 9.20. The zero-order valence-corrected chi connectivity index (χ0v) is 19.0. The topological polar surface area (TPSA) is 37.6 Å². The fraction of sp³-hybridized carbons (Fsp3) is 0.231. The van der Waals surface area contributed by atoms with Crippen LogP contribution in [0.15, 0.2) is 77.3 Å². The Morgan fingerprint density at radius 1 is 1.13 bits per heavy atom. The summed E-state index contributed by atoms with van der Waals surface area (Å²) in [6.45, 7) is 11.5. The highest BCUT2D eigenvalue weighted by Gasteiger charge is 2.34. The van der Waals surface area contributed by atoms with Gasteiger partial charge in [0, 0.05) is 35.8 Å². The van der Waals surface area contributed by atoms with Crippen LogP contribution in [0, 0.1) is 12.8 Å². The minimum atomic E-state index is 0.0186. The summed E-state index contributed by atoms with van der Waals surface area (Å²) in [5.74, 6) is 0.367. The van der Waals surface area contributed by atoms with Crippen molar-refractivity contribution in [2.45, 2.75) is 27.3 Å². The SMILES string of the molecule is C=CCn1cc(/C=C2/SC(=Nc3ccc(C)cc3)N(CC(C)C)C2=O)c2ccccc21. The highest BCUT2D eigenvalue weighted by molar-refractivity contribution is 8.18. The van der Waals surface area contributed by atoms with E-state index in [0.717, 1.165) is 33.9 Å². The van der Waals surface area contributed by atoms with E-state index < -0.39 is 0 Å². The van der Waals surface area contributed by atoms with E-state index >= 15 is 0 Å². The maximum Gasteiger partial charge on any atom is 0.266 e. The molecule has 0 unspecified atom stereocenters. The van der Waals surface area contributed by atoms with Gasteiger partial charge in [-0.1, -0.05) is 55.8 Å². The highest BCUT2D eigenvalue weighted by Crippen LogP contribution is 2.36. The Morgan fingerprint density at radius 3 is 2.58 bits per heavy atom. The third-order valence-corrected chi connectivity index (χ3v) is 6.13. The number of allylic oxidation sites excluding steroid dienone is 1. The van der Waals surface area contributed by atoms with Crippen LogP contribution in [0.5, 0.6) is 0 Å². The van der Waals surface area contributed by atoms with Gasteiger partial charge in [-0.25, -0.2) is 4.99 Å². The molecule has 1 fully saturated rings. The van der Waals surface area contributed by atoms with Crippen molar-refractivity contribution in [3.8, 4) is 0 Å². The molecule has 0 aliphatic carbocycles. The van der Waals surface area contributed by atoms with Crippen LogP contribution in [0.1, 0.15) is 25.0 Å². The molecule has 4 rings (SSSR count). The third kappa shape index (κ3) is 4.52. The van der Waals surface area contributed by atoms with Crippen molar-refractivity contribution in [2.24, 2.45) is 10.9 Å². The molecule has 31 heavy (non-hydrogen) atoms. The maximum absolute atomic E-state index is 13.3. The van der Waals surface area contributed by atoms with Gasteiger partial charge in [0.05, 0.1) is 10.6 Å². The summed E-state index contributed by atoms with van der Waals surface area (Å²) < 4.78 is 2.16.